The third-order valence-corrected chi connectivity index (χ3v) is 6.95. The molecule has 1 fully saturated rings. The Kier molecular flexibility index (Phi) is 6.62. The van der Waals surface area contributed by atoms with E-state index in [-0.39, 0.29) is 29.0 Å². The molecule has 1 unspecified atom stereocenters. The summed E-state index contributed by atoms with van der Waals surface area (Å²) < 4.78 is 22.3. The van der Waals surface area contributed by atoms with E-state index in [4.69, 9.17) is 18.9 Å². The number of carbonyl (C=O) groups is 1. The number of benzene rings is 1. The number of fused-ring (bicyclic) bond motifs is 1. The molecule has 11 heteroatoms. The van der Waals surface area contributed by atoms with Gasteiger partial charge in [-0.25, -0.2) is 4.79 Å². The molecule has 35 heavy (non-hydrogen) atoms. The molecule has 1 saturated heterocycles. The maximum atomic E-state index is 12.0. The van der Waals surface area contributed by atoms with Crippen LogP contribution in [0, 0.1) is 0 Å². The average molecular weight is 497 g/mol. The lowest BCUT2D eigenvalue weighted by molar-refractivity contribution is 0.0126. The number of nitrogens with one attached hydrogen (secondary N) is 1. The highest BCUT2D eigenvalue weighted by Gasteiger charge is 2.24. The predicted molar refractivity (Wildman–Crippen MR) is 128 cm³/mol. The molecule has 0 saturated carbocycles. The standard InChI is InChI=1S/C24H24N4O6S/c1-31-12-34-18-9-13(15-11-25-27-20(15)17-5-3-4-8-33-17)6-7-14(18)16-10-19-21(28-26-16)22(29)23(35-19)24(30)32-2/h6-7,9-11,17,29H,3-5,8,12H2,1-2H3,(H,25,27). The monoisotopic (exact) mass is 496 g/mol. The lowest BCUT2D eigenvalue weighted by atomic mass is 9.97. The van der Waals surface area contributed by atoms with Gasteiger partial charge in [0.1, 0.15) is 11.3 Å². The highest BCUT2D eigenvalue weighted by atomic mass is 32.1. The van der Waals surface area contributed by atoms with Gasteiger partial charge in [-0.2, -0.15) is 5.10 Å². The maximum Gasteiger partial charge on any atom is 0.351 e. The van der Waals surface area contributed by atoms with Crippen LogP contribution in [0.1, 0.15) is 40.7 Å². The molecule has 4 aromatic rings. The minimum Gasteiger partial charge on any atom is -0.504 e. The number of carbonyl (C=O) groups excluding carboxylic acids is 1. The van der Waals surface area contributed by atoms with Gasteiger partial charge in [0.05, 0.1) is 35.5 Å². The molecule has 0 spiro atoms. The molecule has 1 aliphatic heterocycles. The van der Waals surface area contributed by atoms with Crippen molar-refractivity contribution in [2.45, 2.75) is 25.4 Å². The number of nitrogens with zero attached hydrogens (tertiary/aromatic N) is 3. The molecule has 1 atom stereocenters. The smallest absolute Gasteiger partial charge is 0.351 e. The largest absolute Gasteiger partial charge is 0.504 e. The van der Waals surface area contributed by atoms with Gasteiger partial charge in [-0.05, 0) is 43.0 Å². The Morgan fingerprint density at radius 3 is 2.89 bits per heavy atom. The summed E-state index contributed by atoms with van der Waals surface area (Å²) in [6.07, 6.45) is 4.89. The minimum absolute atomic E-state index is 0.0203. The van der Waals surface area contributed by atoms with Crippen LogP contribution < -0.4 is 4.74 Å². The Bertz CT molecular complexity index is 1360. The third-order valence-electron chi connectivity index (χ3n) is 5.85. The number of methoxy groups -OCH3 is 2. The van der Waals surface area contributed by atoms with Gasteiger partial charge in [-0.3, -0.25) is 5.10 Å². The summed E-state index contributed by atoms with van der Waals surface area (Å²) >= 11 is 1.09. The Hall–Kier alpha value is -3.54. The lowest BCUT2D eigenvalue weighted by Gasteiger charge is -2.22. The summed E-state index contributed by atoms with van der Waals surface area (Å²) in [5.74, 6) is -0.318. The quantitative estimate of drug-likeness (QED) is 0.281. The first-order chi connectivity index (χ1) is 17.1. The number of esters is 1. The highest BCUT2D eigenvalue weighted by Crippen LogP contribution is 2.40. The summed E-state index contributed by atoms with van der Waals surface area (Å²) in [6, 6.07) is 7.52. The second-order valence-corrected chi connectivity index (χ2v) is 9.08. The summed E-state index contributed by atoms with van der Waals surface area (Å²) in [7, 11) is 2.81. The SMILES string of the molecule is COCOc1cc(-c2cn[nH]c2C2CCCCO2)ccc1-c1cc2sc(C(=O)OC)c(O)c2nn1. The summed E-state index contributed by atoms with van der Waals surface area (Å²) in [6.45, 7) is 0.782. The van der Waals surface area contributed by atoms with Crippen molar-refractivity contribution in [3.63, 3.8) is 0 Å². The van der Waals surface area contributed by atoms with E-state index in [9.17, 15) is 9.90 Å². The fourth-order valence-electron chi connectivity index (χ4n) is 4.13. The van der Waals surface area contributed by atoms with Crippen LogP contribution in [0.25, 0.3) is 32.6 Å². The molecule has 1 aromatic carbocycles. The first kappa shape index (κ1) is 23.2. The lowest BCUT2D eigenvalue weighted by Crippen LogP contribution is -2.12. The molecule has 10 nitrogen and oxygen atoms in total. The Balaban J connectivity index is 1.55. The van der Waals surface area contributed by atoms with E-state index >= 15 is 0 Å². The second-order valence-electron chi connectivity index (χ2n) is 8.03. The van der Waals surface area contributed by atoms with Gasteiger partial charge >= 0.3 is 5.97 Å². The number of ether oxygens (including phenoxy) is 4. The molecular weight excluding hydrogens is 472 g/mol. The van der Waals surface area contributed by atoms with Crippen LogP contribution in [-0.2, 0) is 14.2 Å². The van der Waals surface area contributed by atoms with E-state index in [2.05, 4.69) is 20.4 Å². The molecule has 0 bridgehead atoms. The van der Waals surface area contributed by atoms with Crippen LogP contribution >= 0.6 is 11.3 Å². The van der Waals surface area contributed by atoms with Crippen molar-refractivity contribution in [2.24, 2.45) is 0 Å². The van der Waals surface area contributed by atoms with Crippen LogP contribution in [0.15, 0.2) is 30.5 Å². The number of rotatable bonds is 7. The van der Waals surface area contributed by atoms with Crippen LogP contribution in [-0.4, -0.2) is 59.1 Å². The van der Waals surface area contributed by atoms with Crippen LogP contribution in [0.2, 0.25) is 0 Å². The number of hydrogen-bond donors (Lipinski definition) is 2. The number of thiophene rings is 1. The average Bonchev–Trinajstić information content (AvgIpc) is 3.52. The Labute approximate surface area is 204 Å². The van der Waals surface area contributed by atoms with Crippen LogP contribution in [0.5, 0.6) is 11.5 Å². The third kappa shape index (κ3) is 4.45. The van der Waals surface area contributed by atoms with Gasteiger partial charge in [0.25, 0.3) is 0 Å². The van der Waals surface area contributed by atoms with Crippen molar-refractivity contribution in [1.82, 2.24) is 20.4 Å². The minimum atomic E-state index is -0.626. The topological polar surface area (TPSA) is 129 Å². The fraction of sp³-hybridized carbons (Fsp3) is 0.333. The van der Waals surface area contributed by atoms with E-state index in [1.807, 2.05) is 18.2 Å². The van der Waals surface area contributed by atoms with Crippen LogP contribution in [0.3, 0.4) is 0 Å². The fourth-order valence-corrected chi connectivity index (χ4v) is 5.11. The van der Waals surface area contributed by atoms with E-state index < -0.39 is 5.97 Å². The zero-order valence-electron chi connectivity index (χ0n) is 19.2. The number of aromatic amines is 1. The van der Waals surface area contributed by atoms with E-state index in [0.717, 1.165) is 54.0 Å². The number of aromatic nitrogens is 4. The molecule has 4 heterocycles. The first-order valence-corrected chi connectivity index (χ1v) is 11.9. The van der Waals surface area contributed by atoms with Gasteiger partial charge in [0.2, 0.25) is 0 Å². The van der Waals surface area contributed by atoms with Gasteiger partial charge < -0.3 is 24.1 Å². The predicted octanol–water partition coefficient (Wildman–Crippen LogP) is 4.46. The zero-order chi connectivity index (χ0) is 24.4. The zero-order valence-corrected chi connectivity index (χ0v) is 20.1. The molecular formula is C24H24N4O6S. The Morgan fingerprint density at radius 2 is 2.11 bits per heavy atom. The van der Waals surface area contributed by atoms with E-state index in [0.29, 0.717) is 21.7 Å². The summed E-state index contributed by atoms with van der Waals surface area (Å²) in [5, 5.41) is 26.1. The first-order valence-electron chi connectivity index (χ1n) is 11.1. The molecule has 0 radical (unpaired) electrons. The normalized spacial score (nSPS) is 15.9. The molecule has 2 N–H and O–H groups in total. The number of hydrogen-bond acceptors (Lipinski definition) is 10. The second kappa shape index (κ2) is 9.98. The van der Waals surface area contributed by atoms with Crippen molar-refractivity contribution in [3.05, 3.63) is 41.0 Å². The van der Waals surface area contributed by atoms with Crippen LogP contribution in [0.4, 0.5) is 0 Å². The van der Waals surface area contributed by atoms with Crippen molar-refractivity contribution >= 4 is 27.5 Å². The van der Waals surface area contributed by atoms with Gasteiger partial charge in [0.15, 0.2) is 17.4 Å². The number of H-pyrrole nitrogens is 1. The number of aromatic hydroxyl groups is 1. The van der Waals surface area contributed by atoms with Crippen molar-refractivity contribution in [1.29, 1.82) is 0 Å². The molecule has 3 aromatic heterocycles. The molecule has 0 aliphatic carbocycles. The maximum absolute atomic E-state index is 12.0. The summed E-state index contributed by atoms with van der Waals surface area (Å²) in [5.41, 5.74) is 4.25. The highest BCUT2D eigenvalue weighted by molar-refractivity contribution is 7.21. The van der Waals surface area contributed by atoms with Crippen molar-refractivity contribution < 1.29 is 28.8 Å². The van der Waals surface area contributed by atoms with E-state index in [1.54, 1.807) is 19.4 Å². The van der Waals surface area contributed by atoms with Crippen molar-refractivity contribution in [3.8, 4) is 33.9 Å². The van der Waals surface area contributed by atoms with Gasteiger partial charge in [0, 0.05) is 24.8 Å². The molecule has 1 aliphatic rings. The van der Waals surface area contributed by atoms with E-state index in [1.165, 1.54) is 7.11 Å². The van der Waals surface area contributed by atoms with Gasteiger partial charge in [-0.15, -0.1) is 21.5 Å². The summed E-state index contributed by atoms with van der Waals surface area (Å²) in [4.78, 5) is 12.0. The van der Waals surface area contributed by atoms with Gasteiger partial charge in [-0.1, -0.05) is 6.07 Å². The van der Waals surface area contributed by atoms with Crippen molar-refractivity contribution in [2.75, 3.05) is 27.6 Å². The molecule has 182 valence electrons. The Morgan fingerprint density at radius 1 is 1.23 bits per heavy atom. The molecule has 0 amide bonds. The molecule has 5 rings (SSSR count).